The molecule has 0 heterocycles. The van der Waals surface area contributed by atoms with Gasteiger partial charge in [0.05, 0.1) is 5.69 Å². The van der Waals surface area contributed by atoms with Crippen LogP contribution in [0.4, 0.5) is 22.7 Å². The minimum absolute atomic E-state index is 0.0254. The molecule has 0 spiro atoms. The molecular weight excluding hydrogens is 216 g/mol. The first kappa shape index (κ1) is 10.9. The van der Waals surface area contributed by atoms with Crippen molar-refractivity contribution in [2.75, 3.05) is 11.5 Å². The van der Waals surface area contributed by atoms with Crippen LogP contribution in [0.2, 0.25) is 0 Å². The van der Waals surface area contributed by atoms with Crippen molar-refractivity contribution in [1.29, 1.82) is 0 Å². The van der Waals surface area contributed by atoms with Crippen molar-refractivity contribution in [2.45, 2.75) is 0 Å². The van der Waals surface area contributed by atoms with Crippen LogP contribution in [0.15, 0.2) is 52.7 Å². The third-order valence-electron chi connectivity index (χ3n) is 2.20. The Morgan fingerprint density at radius 3 is 2.35 bits per heavy atom. The molecule has 17 heavy (non-hydrogen) atoms. The number of hydrogen-bond acceptors (Lipinski definition) is 5. The maximum atomic E-state index is 9.54. The topological polar surface area (TPSA) is 97.0 Å². The van der Waals surface area contributed by atoms with E-state index in [0.717, 1.165) is 0 Å². The number of phenolic OH excluding ortho intramolecular Hbond substituents is 1. The van der Waals surface area contributed by atoms with Gasteiger partial charge in [-0.15, -0.1) is 10.2 Å². The number of azo groups is 1. The molecule has 0 aliphatic carbocycles. The number of anilines is 2. The van der Waals surface area contributed by atoms with E-state index in [0.29, 0.717) is 22.7 Å². The molecule has 0 atom stereocenters. The number of para-hydroxylation sites is 1. The number of hydrogen-bond donors (Lipinski definition) is 3. The number of aromatic hydroxyl groups is 1. The van der Waals surface area contributed by atoms with Crippen molar-refractivity contribution in [3.05, 3.63) is 42.5 Å². The van der Waals surface area contributed by atoms with E-state index in [1.165, 1.54) is 12.1 Å². The molecule has 5 nitrogen and oxygen atoms in total. The molecule has 0 saturated heterocycles. The van der Waals surface area contributed by atoms with Crippen LogP contribution < -0.4 is 11.5 Å². The van der Waals surface area contributed by atoms with Gasteiger partial charge in [-0.3, -0.25) is 0 Å². The van der Waals surface area contributed by atoms with Gasteiger partial charge < -0.3 is 16.6 Å². The highest BCUT2D eigenvalue weighted by Crippen LogP contribution is 2.31. The van der Waals surface area contributed by atoms with Gasteiger partial charge in [-0.25, -0.2) is 0 Å². The molecule has 2 aromatic carbocycles. The Kier molecular flexibility index (Phi) is 2.91. The van der Waals surface area contributed by atoms with Gasteiger partial charge in [-0.1, -0.05) is 12.1 Å². The number of phenols is 1. The molecule has 0 bridgehead atoms. The van der Waals surface area contributed by atoms with Crippen molar-refractivity contribution in [1.82, 2.24) is 0 Å². The van der Waals surface area contributed by atoms with Crippen LogP contribution in [0.3, 0.4) is 0 Å². The number of nitrogens with zero attached hydrogens (tertiary/aromatic N) is 2. The van der Waals surface area contributed by atoms with E-state index < -0.39 is 0 Å². The minimum atomic E-state index is 0.0254. The summed E-state index contributed by atoms with van der Waals surface area (Å²) in [6.07, 6.45) is 0. The van der Waals surface area contributed by atoms with Gasteiger partial charge in [0.1, 0.15) is 17.1 Å². The summed E-state index contributed by atoms with van der Waals surface area (Å²) in [4.78, 5) is 0. The molecule has 0 aliphatic rings. The second-order valence-electron chi connectivity index (χ2n) is 3.51. The van der Waals surface area contributed by atoms with Gasteiger partial charge in [-0.05, 0) is 30.3 Å². The lowest BCUT2D eigenvalue weighted by atomic mass is 10.2. The third-order valence-corrected chi connectivity index (χ3v) is 2.20. The summed E-state index contributed by atoms with van der Waals surface area (Å²) in [6.45, 7) is 0. The lowest BCUT2D eigenvalue weighted by Crippen LogP contribution is -1.83. The zero-order chi connectivity index (χ0) is 12.3. The third kappa shape index (κ3) is 2.52. The van der Waals surface area contributed by atoms with E-state index in [1.54, 1.807) is 18.2 Å². The average molecular weight is 228 g/mol. The number of nitrogen functional groups attached to an aromatic ring is 2. The second kappa shape index (κ2) is 4.52. The maximum absolute atomic E-state index is 9.54. The largest absolute Gasteiger partial charge is 0.506 e. The fraction of sp³-hybridized carbons (Fsp3) is 0. The van der Waals surface area contributed by atoms with Crippen LogP contribution >= 0.6 is 0 Å². The van der Waals surface area contributed by atoms with Gasteiger partial charge in [0.15, 0.2) is 0 Å². The van der Waals surface area contributed by atoms with Crippen LogP contribution in [0.5, 0.6) is 5.75 Å². The molecule has 0 fully saturated rings. The quantitative estimate of drug-likeness (QED) is 0.418. The first-order chi connectivity index (χ1) is 8.16. The zero-order valence-corrected chi connectivity index (χ0v) is 9.04. The lowest BCUT2D eigenvalue weighted by molar-refractivity contribution is 0.476. The van der Waals surface area contributed by atoms with E-state index in [9.17, 15) is 5.11 Å². The molecule has 0 saturated carbocycles. The predicted octanol–water partition coefficient (Wildman–Crippen LogP) is 2.97. The second-order valence-corrected chi connectivity index (χ2v) is 3.51. The highest BCUT2D eigenvalue weighted by atomic mass is 16.3. The number of nitrogens with two attached hydrogens (primary N) is 2. The minimum Gasteiger partial charge on any atom is -0.506 e. The summed E-state index contributed by atoms with van der Waals surface area (Å²) < 4.78 is 0. The SMILES string of the molecule is Nc1ccc(O)c(N=Nc2ccccc2N)c1. The van der Waals surface area contributed by atoms with E-state index in [2.05, 4.69) is 10.2 Å². The first-order valence-electron chi connectivity index (χ1n) is 5.01. The van der Waals surface area contributed by atoms with Crippen LogP contribution in [0, 0.1) is 0 Å². The Labute approximate surface area is 98.4 Å². The highest BCUT2D eigenvalue weighted by Gasteiger charge is 2.00. The first-order valence-corrected chi connectivity index (χ1v) is 5.01. The van der Waals surface area contributed by atoms with Crippen LogP contribution in [0.25, 0.3) is 0 Å². The van der Waals surface area contributed by atoms with E-state index >= 15 is 0 Å². The highest BCUT2D eigenvalue weighted by molar-refractivity contribution is 5.63. The average Bonchev–Trinajstić information content (AvgIpc) is 2.32. The summed E-state index contributed by atoms with van der Waals surface area (Å²) in [5.74, 6) is 0.0254. The van der Waals surface area contributed by atoms with E-state index in [1.807, 2.05) is 12.1 Å². The normalized spacial score (nSPS) is 10.8. The Morgan fingerprint density at radius 2 is 1.59 bits per heavy atom. The molecular formula is C12H12N4O. The monoisotopic (exact) mass is 228 g/mol. The Balaban J connectivity index is 2.32. The maximum Gasteiger partial charge on any atom is 0.143 e. The molecule has 2 aromatic rings. The van der Waals surface area contributed by atoms with Gasteiger partial charge in [0.2, 0.25) is 0 Å². The van der Waals surface area contributed by atoms with Crippen LogP contribution in [-0.2, 0) is 0 Å². The van der Waals surface area contributed by atoms with E-state index in [4.69, 9.17) is 11.5 Å². The Hall–Kier alpha value is -2.56. The molecule has 86 valence electrons. The smallest absolute Gasteiger partial charge is 0.143 e. The summed E-state index contributed by atoms with van der Waals surface area (Å²) in [5.41, 5.74) is 13.2. The summed E-state index contributed by atoms with van der Waals surface area (Å²) in [6, 6.07) is 11.7. The fourth-order valence-corrected chi connectivity index (χ4v) is 1.31. The zero-order valence-electron chi connectivity index (χ0n) is 9.04. The Bertz CT molecular complexity index is 566. The number of rotatable bonds is 2. The molecule has 2 rings (SSSR count). The van der Waals surface area contributed by atoms with Crippen LogP contribution in [-0.4, -0.2) is 5.11 Å². The van der Waals surface area contributed by atoms with Gasteiger partial charge >= 0.3 is 0 Å². The molecule has 5 N–H and O–H groups in total. The molecule has 0 unspecified atom stereocenters. The lowest BCUT2D eigenvalue weighted by Gasteiger charge is -2.00. The van der Waals surface area contributed by atoms with Crippen molar-refractivity contribution in [2.24, 2.45) is 10.2 Å². The summed E-state index contributed by atoms with van der Waals surface area (Å²) in [7, 11) is 0. The predicted molar refractivity (Wildman–Crippen MR) is 67.5 cm³/mol. The molecule has 0 amide bonds. The van der Waals surface area contributed by atoms with Crippen molar-refractivity contribution in [3.63, 3.8) is 0 Å². The molecule has 0 radical (unpaired) electrons. The standard InChI is InChI=1S/C12H12N4O/c13-8-5-6-12(17)11(7-8)16-15-10-4-2-1-3-9(10)14/h1-7,17H,13-14H2. The summed E-state index contributed by atoms with van der Waals surface area (Å²) in [5, 5.41) is 17.4. The van der Waals surface area contributed by atoms with Gasteiger partial charge in [0, 0.05) is 5.69 Å². The Morgan fingerprint density at radius 1 is 0.882 bits per heavy atom. The molecule has 0 aliphatic heterocycles. The van der Waals surface area contributed by atoms with Crippen LogP contribution in [0.1, 0.15) is 0 Å². The van der Waals surface area contributed by atoms with Crippen molar-refractivity contribution < 1.29 is 5.11 Å². The van der Waals surface area contributed by atoms with Gasteiger partial charge in [0.25, 0.3) is 0 Å². The summed E-state index contributed by atoms with van der Waals surface area (Å²) >= 11 is 0. The molecule has 5 heteroatoms. The molecule has 0 aromatic heterocycles. The number of benzene rings is 2. The van der Waals surface area contributed by atoms with E-state index in [-0.39, 0.29) is 5.75 Å². The fourth-order valence-electron chi connectivity index (χ4n) is 1.31. The van der Waals surface area contributed by atoms with Crippen molar-refractivity contribution in [3.8, 4) is 5.75 Å². The van der Waals surface area contributed by atoms with Gasteiger partial charge in [-0.2, -0.15) is 0 Å². The van der Waals surface area contributed by atoms with Crippen molar-refractivity contribution >= 4 is 22.7 Å².